The number of aromatic nitrogens is 3. The van der Waals surface area contributed by atoms with E-state index in [-0.39, 0.29) is 5.91 Å². The first-order valence-electron chi connectivity index (χ1n) is 10.1. The van der Waals surface area contributed by atoms with Crippen LogP contribution in [0.15, 0.2) is 24.4 Å². The quantitative estimate of drug-likeness (QED) is 0.621. The zero-order valence-electron chi connectivity index (χ0n) is 17.2. The highest BCUT2D eigenvalue weighted by Gasteiger charge is 2.24. The third kappa shape index (κ3) is 4.34. The molecule has 3 aromatic rings. The molecule has 1 aliphatic heterocycles. The van der Waals surface area contributed by atoms with Gasteiger partial charge in [-0.1, -0.05) is 17.4 Å². The van der Waals surface area contributed by atoms with E-state index in [1.54, 1.807) is 27.0 Å². The maximum absolute atomic E-state index is 13.3. The molecule has 0 N–H and O–H groups in total. The summed E-state index contributed by atoms with van der Waals surface area (Å²) in [5, 5.41) is 5.16. The number of fused-ring (bicyclic) bond motifs is 1. The van der Waals surface area contributed by atoms with Crippen LogP contribution in [0.4, 0.5) is 5.13 Å². The number of carbonyl (C=O) groups is 1. The van der Waals surface area contributed by atoms with Crippen LogP contribution in [-0.2, 0) is 11.3 Å². The summed E-state index contributed by atoms with van der Waals surface area (Å²) in [5.41, 5.74) is 3.77. The van der Waals surface area contributed by atoms with Crippen LogP contribution in [0.3, 0.4) is 0 Å². The van der Waals surface area contributed by atoms with Gasteiger partial charge in [0.1, 0.15) is 0 Å². The van der Waals surface area contributed by atoms with E-state index in [1.807, 2.05) is 13.1 Å². The Hall–Kier alpha value is -2.29. The summed E-state index contributed by atoms with van der Waals surface area (Å²) in [6.45, 7) is 11.5. The fourth-order valence-electron chi connectivity index (χ4n) is 3.61. The molecule has 1 aliphatic rings. The number of thiazole rings is 1. The number of benzene rings is 1. The Bertz CT molecular complexity index is 1010. The van der Waals surface area contributed by atoms with Crippen molar-refractivity contribution in [3.05, 3.63) is 41.2 Å². The van der Waals surface area contributed by atoms with Crippen LogP contribution in [0.25, 0.3) is 10.2 Å². The molecule has 0 radical (unpaired) electrons. The molecule has 1 saturated heterocycles. The number of ether oxygens (including phenoxy) is 1. The second-order valence-corrected chi connectivity index (χ2v) is 8.40. The van der Waals surface area contributed by atoms with Crippen LogP contribution in [0.5, 0.6) is 0 Å². The molecular formula is C21H27N5O2S. The fraction of sp³-hybridized carbons (Fsp3) is 0.476. The van der Waals surface area contributed by atoms with E-state index in [0.29, 0.717) is 12.2 Å². The molecule has 1 fully saturated rings. The molecule has 8 heteroatoms. The lowest BCUT2D eigenvalue weighted by Crippen LogP contribution is -2.43. The van der Waals surface area contributed by atoms with Gasteiger partial charge in [0.15, 0.2) is 10.8 Å². The summed E-state index contributed by atoms with van der Waals surface area (Å²) in [5.74, 6) is -0.0982. The molecule has 2 aromatic heterocycles. The number of aryl methyl sites for hydroxylation is 3. The Morgan fingerprint density at radius 3 is 2.79 bits per heavy atom. The number of rotatable bonds is 6. The Morgan fingerprint density at radius 1 is 1.28 bits per heavy atom. The number of amides is 1. The van der Waals surface area contributed by atoms with Crippen molar-refractivity contribution in [2.24, 2.45) is 0 Å². The molecule has 0 aliphatic carbocycles. The largest absolute Gasteiger partial charge is 0.379 e. The number of anilines is 1. The van der Waals surface area contributed by atoms with E-state index in [9.17, 15) is 4.79 Å². The maximum atomic E-state index is 13.3. The molecule has 0 saturated carbocycles. The minimum atomic E-state index is -0.0982. The van der Waals surface area contributed by atoms with E-state index in [2.05, 4.69) is 36.0 Å². The molecule has 0 bridgehead atoms. The third-order valence-electron chi connectivity index (χ3n) is 5.22. The molecule has 1 aromatic carbocycles. The van der Waals surface area contributed by atoms with Crippen LogP contribution in [0.2, 0.25) is 0 Å². The summed E-state index contributed by atoms with van der Waals surface area (Å²) in [4.78, 5) is 22.3. The first kappa shape index (κ1) is 20.0. The molecule has 0 atom stereocenters. The van der Waals surface area contributed by atoms with Gasteiger partial charge in [-0.15, -0.1) is 0 Å². The van der Waals surface area contributed by atoms with Gasteiger partial charge in [0.05, 0.1) is 23.4 Å². The lowest BCUT2D eigenvalue weighted by molar-refractivity contribution is 0.0391. The van der Waals surface area contributed by atoms with Crippen molar-refractivity contribution in [1.29, 1.82) is 0 Å². The van der Waals surface area contributed by atoms with Gasteiger partial charge in [0.25, 0.3) is 5.91 Å². The van der Waals surface area contributed by atoms with Gasteiger partial charge in [0, 0.05) is 38.9 Å². The molecule has 3 heterocycles. The summed E-state index contributed by atoms with van der Waals surface area (Å²) < 4.78 is 8.33. The maximum Gasteiger partial charge on any atom is 0.280 e. The second-order valence-electron chi connectivity index (χ2n) is 7.39. The molecule has 1 amide bonds. The van der Waals surface area contributed by atoms with E-state index in [1.165, 1.54) is 5.56 Å². The van der Waals surface area contributed by atoms with Crippen LogP contribution in [0, 0.1) is 13.8 Å². The topological polar surface area (TPSA) is 63.5 Å². The first-order valence-corrected chi connectivity index (χ1v) is 10.9. The molecule has 0 unspecified atom stereocenters. The van der Waals surface area contributed by atoms with Crippen molar-refractivity contribution in [2.75, 3.05) is 44.3 Å². The molecule has 4 rings (SSSR count). The highest BCUT2D eigenvalue weighted by Crippen LogP contribution is 2.32. The standard InChI is InChI=1S/C21H27N5O2S/c1-4-25-6-5-17(23-25)20(27)26(8-7-24-9-11-28-12-10-24)21-22-19-16(3)13-15(2)14-18(19)29-21/h5-6,13-14H,4,7-12H2,1-3H3. The normalized spacial score (nSPS) is 15.1. The minimum Gasteiger partial charge on any atom is -0.379 e. The van der Waals surface area contributed by atoms with E-state index in [4.69, 9.17) is 9.72 Å². The lowest BCUT2D eigenvalue weighted by atomic mass is 10.1. The Kier molecular flexibility index (Phi) is 5.94. The van der Waals surface area contributed by atoms with Crippen molar-refractivity contribution < 1.29 is 9.53 Å². The molecular weight excluding hydrogens is 386 g/mol. The monoisotopic (exact) mass is 413 g/mol. The second kappa shape index (κ2) is 8.61. The smallest absolute Gasteiger partial charge is 0.280 e. The van der Waals surface area contributed by atoms with Gasteiger partial charge in [-0.25, -0.2) is 4.98 Å². The average molecular weight is 414 g/mol. The van der Waals surface area contributed by atoms with Crippen molar-refractivity contribution in [3.8, 4) is 0 Å². The van der Waals surface area contributed by atoms with Gasteiger partial charge in [-0.05, 0) is 44.0 Å². The number of morpholine rings is 1. The SMILES string of the molecule is CCn1ccc(C(=O)N(CCN2CCOCC2)c2nc3c(C)cc(C)cc3s2)n1. The molecule has 7 nitrogen and oxygen atoms in total. The first-order chi connectivity index (χ1) is 14.0. The van der Waals surface area contributed by atoms with Crippen molar-refractivity contribution >= 4 is 32.6 Å². The van der Waals surface area contributed by atoms with Crippen LogP contribution in [-0.4, -0.2) is 65.0 Å². The van der Waals surface area contributed by atoms with Gasteiger partial charge in [-0.3, -0.25) is 19.3 Å². The lowest BCUT2D eigenvalue weighted by Gasteiger charge is -2.29. The van der Waals surface area contributed by atoms with Gasteiger partial charge in [0.2, 0.25) is 0 Å². The van der Waals surface area contributed by atoms with Gasteiger partial charge < -0.3 is 4.74 Å². The summed E-state index contributed by atoms with van der Waals surface area (Å²) in [6.07, 6.45) is 1.85. The Morgan fingerprint density at radius 2 is 2.07 bits per heavy atom. The van der Waals surface area contributed by atoms with Crippen molar-refractivity contribution in [2.45, 2.75) is 27.3 Å². The van der Waals surface area contributed by atoms with E-state index >= 15 is 0 Å². The average Bonchev–Trinajstić information content (AvgIpc) is 3.36. The van der Waals surface area contributed by atoms with Crippen LogP contribution in [0.1, 0.15) is 28.5 Å². The number of hydrogen-bond donors (Lipinski definition) is 0. The number of hydrogen-bond acceptors (Lipinski definition) is 6. The van der Waals surface area contributed by atoms with Crippen molar-refractivity contribution in [3.63, 3.8) is 0 Å². The summed E-state index contributed by atoms with van der Waals surface area (Å²) in [7, 11) is 0. The molecule has 29 heavy (non-hydrogen) atoms. The predicted molar refractivity (Wildman–Crippen MR) is 116 cm³/mol. The molecule has 154 valence electrons. The van der Waals surface area contributed by atoms with Gasteiger partial charge >= 0.3 is 0 Å². The predicted octanol–water partition coefficient (Wildman–Crippen LogP) is 3.11. The Labute approximate surface area is 174 Å². The van der Waals surface area contributed by atoms with E-state index in [0.717, 1.165) is 60.3 Å². The third-order valence-corrected chi connectivity index (χ3v) is 6.25. The van der Waals surface area contributed by atoms with E-state index < -0.39 is 0 Å². The number of carbonyl (C=O) groups excluding carboxylic acids is 1. The summed E-state index contributed by atoms with van der Waals surface area (Å²) >= 11 is 1.57. The summed E-state index contributed by atoms with van der Waals surface area (Å²) in [6, 6.07) is 6.06. The fourth-order valence-corrected chi connectivity index (χ4v) is 4.78. The van der Waals surface area contributed by atoms with Gasteiger partial charge in [-0.2, -0.15) is 5.10 Å². The Balaban J connectivity index is 1.65. The van der Waals surface area contributed by atoms with Crippen molar-refractivity contribution in [1.82, 2.24) is 19.7 Å². The zero-order chi connectivity index (χ0) is 20.4. The highest BCUT2D eigenvalue weighted by atomic mass is 32.1. The number of nitrogens with zero attached hydrogens (tertiary/aromatic N) is 5. The zero-order valence-corrected chi connectivity index (χ0v) is 18.0. The van der Waals surface area contributed by atoms with Crippen LogP contribution < -0.4 is 4.90 Å². The van der Waals surface area contributed by atoms with Crippen LogP contribution >= 0.6 is 11.3 Å². The molecule has 0 spiro atoms. The highest BCUT2D eigenvalue weighted by molar-refractivity contribution is 7.22. The minimum absolute atomic E-state index is 0.0982.